The van der Waals surface area contributed by atoms with Gasteiger partial charge in [-0.15, -0.1) is 0 Å². The van der Waals surface area contributed by atoms with Crippen molar-refractivity contribution in [2.45, 2.75) is 27.7 Å². The fourth-order valence-corrected chi connectivity index (χ4v) is 2.31. The third-order valence-electron chi connectivity index (χ3n) is 3.48. The number of aryl methyl sites for hydroxylation is 1. The topological polar surface area (TPSA) is 0 Å². The van der Waals surface area contributed by atoms with E-state index in [9.17, 15) is 0 Å². The van der Waals surface area contributed by atoms with Crippen molar-refractivity contribution in [3.63, 3.8) is 0 Å². The fraction of sp³-hybridized carbons (Fsp3) is 0.250. The zero-order valence-corrected chi connectivity index (χ0v) is 10.5. The Hall–Kier alpha value is -1.56. The van der Waals surface area contributed by atoms with Gasteiger partial charge in [-0.05, 0) is 60.7 Å². The Morgan fingerprint density at radius 3 is 2.06 bits per heavy atom. The van der Waals surface area contributed by atoms with Gasteiger partial charge in [0, 0.05) is 0 Å². The van der Waals surface area contributed by atoms with Crippen LogP contribution in [-0.4, -0.2) is 0 Å². The summed E-state index contributed by atoms with van der Waals surface area (Å²) in [6.45, 7) is 8.71. The molecule has 0 aliphatic heterocycles. The Labute approximate surface area is 97.6 Å². The molecule has 16 heavy (non-hydrogen) atoms. The zero-order chi connectivity index (χ0) is 11.7. The molecular weight excluding hydrogens is 192 g/mol. The molecule has 82 valence electrons. The summed E-state index contributed by atoms with van der Waals surface area (Å²) in [5.74, 6) is 0. The molecule has 0 bridgehead atoms. The number of hydrogen-bond acceptors (Lipinski definition) is 0. The van der Waals surface area contributed by atoms with E-state index in [0.717, 1.165) is 0 Å². The van der Waals surface area contributed by atoms with Gasteiger partial charge in [-0.3, -0.25) is 0 Å². The van der Waals surface area contributed by atoms with Gasteiger partial charge in [0.15, 0.2) is 0 Å². The molecule has 0 spiro atoms. The third kappa shape index (κ3) is 1.55. The van der Waals surface area contributed by atoms with E-state index in [1.807, 2.05) is 0 Å². The highest BCUT2D eigenvalue weighted by atomic mass is 14.1. The molecule has 0 fully saturated rings. The number of fused-ring (bicyclic) bond motifs is 1. The van der Waals surface area contributed by atoms with E-state index in [4.69, 9.17) is 0 Å². The maximum atomic E-state index is 2.21. The van der Waals surface area contributed by atoms with E-state index in [2.05, 4.69) is 64.1 Å². The van der Waals surface area contributed by atoms with Crippen LogP contribution in [0.1, 0.15) is 29.2 Å². The maximum absolute atomic E-state index is 2.21. The van der Waals surface area contributed by atoms with Crippen molar-refractivity contribution in [1.82, 2.24) is 0 Å². The number of hydrogen-bond donors (Lipinski definition) is 0. The van der Waals surface area contributed by atoms with E-state index in [1.165, 1.54) is 33.0 Å². The van der Waals surface area contributed by atoms with Crippen molar-refractivity contribution < 1.29 is 0 Å². The van der Waals surface area contributed by atoms with Crippen molar-refractivity contribution in [2.24, 2.45) is 0 Å². The van der Waals surface area contributed by atoms with Gasteiger partial charge >= 0.3 is 0 Å². The van der Waals surface area contributed by atoms with Crippen molar-refractivity contribution >= 4 is 16.8 Å². The molecule has 0 nitrogen and oxygen atoms in total. The second kappa shape index (κ2) is 4.13. The molecule has 0 aromatic heterocycles. The third-order valence-corrected chi connectivity index (χ3v) is 3.48. The van der Waals surface area contributed by atoms with Crippen molar-refractivity contribution in [1.29, 1.82) is 0 Å². The minimum Gasteiger partial charge on any atom is -0.0870 e. The van der Waals surface area contributed by atoms with Crippen LogP contribution in [0.2, 0.25) is 0 Å². The van der Waals surface area contributed by atoms with Crippen molar-refractivity contribution in [2.75, 3.05) is 0 Å². The van der Waals surface area contributed by atoms with Crippen molar-refractivity contribution in [3.05, 3.63) is 52.6 Å². The van der Waals surface area contributed by atoms with Crippen LogP contribution in [0.25, 0.3) is 16.8 Å². The average Bonchev–Trinajstić information content (AvgIpc) is 2.32. The van der Waals surface area contributed by atoms with Gasteiger partial charge in [-0.1, -0.05) is 36.4 Å². The summed E-state index contributed by atoms with van der Waals surface area (Å²) in [6.07, 6.45) is 4.33. The standard InChI is InChI=1S/C16H18/c1-5-8-14-12(3)11(2)13(4)15-9-6-7-10-16(14)15/h5-10H,1-4H3. The molecule has 0 heterocycles. The van der Waals surface area contributed by atoms with Gasteiger partial charge < -0.3 is 0 Å². The molecule has 2 rings (SSSR count). The summed E-state index contributed by atoms with van der Waals surface area (Å²) in [7, 11) is 0. The quantitative estimate of drug-likeness (QED) is 0.634. The van der Waals surface area contributed by atoms with E-state index in [0.29, 0.717) is 0 Å². The summed E-state index contributed by atoms with van der Waals surface area (Å²) >= 11 is 0. The molecule has 2 aromatic rings. The largest absolute Gasteiger partial charge is 0.0870 e. The molecule has 0 N–H and O–H groups in total. The lowest BCUT2D eigenvalue weighted by molar-refractivity contribution is 1.29. The Balaban J connectivity index is 2.97. The van der Waals surface area contributed by atoms with Crippen LogP contribution in [0.5, 0.6) is 0 Å². The predicted octanol–water partition coefficient (Wildman–Crippen LogP) is 4.80. The summed E-state index contributed by atoms with van der Waals surface area (Å²) in [4.78, 5) is 0. The summed E-state index contributed by atoms with van der Waals surface area (Å²) in [6, 6.07) is 8.65. The zero-order valence-electron chi connectivity index (χ0n) is 10.5. The smallest absolute Gasteiger partial charge is 0.0106 e. The van der Waals surface area contributed by atoms with Crippen LogP contribution >= 0.6 is 0 Å². The molecule has 0 saturated carbocycles. The molecule has 0 radical (unpaired) electrons. The Bertz CT molecular complexity index is 560. The number of allylic oxidation sites excluding steroid dienone is 1. The first-order chi connectivity index (χ1) is 7.66. The van der Waals surface area contributed by atoms with Crippen LogP contribution in [0.15, 0.2) is 30.3 Å². The molecule has 0 heteroatoms. The first-order valence-corrected chi connectivity index (χ1v) is 5.78. The van der Waals surface area contributed by atoms with E-state index < -0.39 is 0 Å². The molecular formula is C16H18. The summed E-state index contributed by atoms with van der Waals surface area (Å²) in [5, 5.41) is 2.74. The van der Waals surface area contributed by atoms with E-state index in [1.54, 1.807) is 0 Å². The highest BCUT2D eigenvalue weighted by molar-refractivity contribution is 5.95. The molecule has 0 amide bonds. The lowest BCUT2D eigenvalue weighted by Gasteiger charge is -2.14. The fourth-order valence-electron chi connectivity index (χ4n) is 2.31. The lowest BCUT2D eigenvalue weighted by Crippen LogP contribution is -1.93. The minimum atomic E-state index is 1.36. The van der Waals surface area contributed by atoms with Crippen LogP contribution in [-0.2, 0) is 0 Å². The summed E-state index contributed by atoms with van der Waals surface area (Å²) < 4.78 is 0. The van der Waals surface area contributed by atoms with Crippen molar-refractivity contribution in [3.8, 4) is 0 Å². The van der Waals surface area contributed by atoms with Crippen LogP contribution in [0.4, 0.5) is 0 Å². The number of rotatable bonds is 1. The highest BCUT2D eigenvalue weighted by Gasteiger charge is 2.08. The van der Waals surface area contributed by atoms with Gasteiger partial charge in [0.25, 0.3) is 0 Å². The molecule has 2 aromatic carbocycles. The van der Waals surface area contributed by atoms with Crippen LogP contribution in [0, 0.1) is 20.8 Å². The molecule has 0 aliphatic carbocycles. The average molecular weight is 210 g/mol. The molecule has 0 saturated heterocycles. The summed E-state index contributed by atoms with van der Waals surface area (Å²) in [5.41, 5.74) is 5.57. The second-order valence-corrected chi connectivity index (χ2v) is 4.33. The Morgan fingerprint density at radius 2 is 1.44 bits per heavy atom. The van der Waals surface area contributed by atoms with E-state index in [-0.39, 0.29) is 0 Å². The molecule has 0 atom stereocenters. The second-order valence-electron chi connectivity index (χ2n) is 4.33. The lowest BCUT2D eigenvalue weighted by atomic mass is 9.91. The molecule has 0 aliphatic rings. The predicted molar refractivity (Wildman–Crippen MR) is 72.9 cm³/mol. The van der Waals surface area contributed by atoms with Gasteiger partial charge in [0.2, 0.25) is 0 Å². The first-order valence-electron chi connectivity index (χ1n) is 5.78. The van der Waals surface area contributed by atoms with E-state index >= 15 is 0 Å². The Kier molecular flexibility index (Phi) is 2.82. The highest BCUT2D eigenvalue weighted by Crippen LogP contribution is 2.30. The van der Waals surface area contributed by atoms with Gasteiger partial charge in [-0.25, -0.2) is 0 Å². The first kappa shape index (κ1) is 10.9. The minimum absolute atomic E-state index is 1.36. The monoisotopic (exact) mass is 210 g/mol. The number of benzene rings is 2. The maximum Gasteiger partial charge on any atom is -0.0106 e. The van der Waals surface area contributed by atoms with Gasteiger partial charge in [-0.2, -0.15) is 0 Å². The molecule has 0 unspecified atom stereocenters. The van der Waals surface area contributed by atoms with Crippen LogP contribution in [0.3, 0.4) is 0 Å². The Morgan fingerprint density at radius 1 is 0.812 bits per heavy atom. The van der Waals surface area contributed by atoms with Gasteiger partial charge in [0.1, 0.15) is 0 Å². The van der Waals surface area contributed by atoms with Crippen LogP contribution < -0.4 is 0 Å². The SMILES string of the molecule is CC=Cc1c(C)c(C)c(C)c2ccccc12. The normalized spacial score (nSPS) is 11.5. The van der Waals surface area contributed by atoms with Gasteiger partial charge in [0.05, 0.1) is 0 Å².